The minimum atomic E-state index is -4.29. The van der Waals surface area contributed by atoms with Gasteiger partial charge in [0.25, 0.3) is 0 Å². The van der Waals surface area contributed by atoms with Crippen molar-refractivity contribution < 1.29 is 41.7 Å². The molecule has 172 valence electrons. The lowest BCUT2D eigenvalue weighted by molar-refractivity contribution is -0.140. The number of hydrogen-bond donors (Lipinski definition) is 0. The highest BCUT2D eigenvalue weighted by atomic mass is 19.4. The van der Waals surface area contributed by atoms with E-state index in [4.69, 9.17) is 18.9 Å². The van der Waals surface area contributed by atoms with Crippen LogP contribution in [0.15, 0.2) is 54.6 Å². The van der Waals surface area contributed by atoms with E-state index >= 15 is 0 Å². The van der Waals surface area contributed by atoms with Crippen LogP contribution in [-0.2, 0) is 14.3 Å². The minimum Gasteiger partial charge on any atom is -0.493 e. The highest BCUT2D eigenvalue weighted by molar-refractivity contribution is 5.91. The van der Waals surface area contributed by atoms with E-state index in [0.717, 1.165) is 0 Å². The Balaban J connectivity index is 1.82. The number of carbonyl (C=O) groups is 2. The van der Waals surface area contributed by atoms with Crippen molar-refractivity contribution in [1.82, 2.24) is 0 Å². The first-order valence-corrected chi connectivity index (χ1v) is 9.81. The van der Waals surface area contributed by atoms with Crippen LogP contribution in [0.1, 0.15) is 29.3 Å². The summed E-state index contributed by atoms with van der Waals surface area (Å²) in [4.78, 5) is 23.8. The van der Waals surface area contributed by atoms with Gasteiger partial charge in [-0.2, -0.15) is 13.2 Å². The predicted octanol–water partition coefficient (Wildman–Crippen LogP) is 4.83. The Kier molecular flexibility index (Phi) is 9.75. The van der Waals surface area contributed by atoms with Gasteiger partial charge in [-0.3, -0.25) is 0 Å². The van der Waals surface area contributed by atoms with Crippen LogP contribution in [0.3, 0.4) is 0 Å². The van der Waals surface area contributed by atoms with Crippen LogP contribution in [0.25, 0.3) is 6.08 Å². The molecule has 0 aromatic heterocycles. The summed E-state index contributed by atoms with van der Waals surface area (Å²) in [6.07, 6.45) is -2.50. The van der Waals surface area contributed by atoms with Crippen molar-refractivity contribution in [3.8, 4) is 11.5 Å². The Morgan fingerprint density at radius 1 is 0.906 bits per heavy atom. The average Bonchev–Trinajstić information content (AvgIpc) is 2.76. The first-order valence-electron chi connectivity index (χ1n) is 9.81. The number of benzene rings is 2. The fourth-order valence-electron chi connectivity index (χ4n) is 2.34. The van der Waals surface area contributed by atoms with Crippen LogP contribution in [0.4, 0.5) is 13.2 Å². The predicted molar refractivity (Wildman–Crippen MR) is 110 cm³/mol. The molecule has 0 heterocycles. The lowest BCUT2D eigenvalue weighted by Crippen LogP contribution is -2.13. The second-order valence-corrected chi connectivity index (χ2v) is 6.39. The zero-order valence-electron chi connectivity index (χ0n) is 17.4. The quantitative estimate of drug-likeness (QED) is 0.211. The molecule has 2 aromatic carbocycles. The summed E-state index contributed by atoms with van der Waals surface area (Å²) in [7, 11) is 0. The van der Waals surface area contributed by atoms with Crippen LogP contribution in [0.2, 0.25) is 0 Å². The van der Waals surface area contributed by atoms with E-state index < -0.39 is 31.1 Å². The molecule has 0 spiro atoms. The van der Waals surface area contributed by atoms with Gasteiger partial charge in [-0.05, 0) is 55.0 Å². The number of rotatable bonds is 11. The highest BCUT2D eigenvalue weighted by Crippen LogP contribution is 2.21. The molecule has 2 rings (SSSR count). The summed E-state index contributed by atoms with van der Waals surface area (Å²) in [6.45, 7) is 2.41. The molecule has 9 heteroatoms. The molecule has 0 unspecified atom stereocenters. The van der Waals surface area contributed by atoms with Crippen LogP contribution in [0, 0.1) is 0 Å². The molecular weight excluding hydrogens is 429 g/mol. The third-order valence-electron chi connectivity index (χ3n) is 3.92. The SMILES string of the molecule is CCOCCOC(=O)C=Cc1ccc(OC(=O)c2ccc(OCCC(F)(F)F)cc2)cc1. The molecule has 0 fully saturated rings. The van der Waals surface area contributed by atoms with E-state index in [2.05, 4.69) is 0 Å². The maximum Gasteiger partial charge on any atom is 0.392 e. The molecule has 0 amide bonds. The second kappa shape index (κ2) is 12.5. The fraction of sp³-hybridized carbons (Fsp3) is 0.304. The number of ether oxygens (including phenoxy) is 4. The summed E-state index contributed by atoms with van der Waals surface area (Å²) in [5.74, 6) is -0.616. The van der Waals surface area contributed by atoms with Gasteiger partial charge in [0.2, 0.25) is 0 Å². The maximum atomic E-state index is 12.2. The molecule has 2 aromatic rings. The Labute approximate surface area is 183 Å². The lowest BCUT2D eigenvalue weighted by Gasteiger charge is -2.09. The molecule has 6 nitrogen and oxygen atoms in total. The number of esters is 2. The van der Waals surface area contributed by atoms with Gasteiger partial charge in [0.05, 0.1) is 25.2 Å². The molecule has 0 radical (unpaired) electrons. The monoisotopic (exact) mass is 452 g/mol. The number of alkyl halides is 3. The molecule has 0 bridgehead atoms. The molecule has 0 atom stereocenters. The average molecular weight is 452 g/mol. The summed E-state index contributed by atoms with van der Waals surface area (Å²) in [5, 5.41) is 0. The first-order chi connectivity index (χ1) is 15.3. The zero-order valence-corrected chi connectivity index (χ0v) is 17.4. The van der Waals surface area contributed by atoms with E-state index in [9.17, 15) is 22.8 Å². The van der Waals surface area contributed by atoms with Crippen molar-refractivity contribution in [2.24, 2.45) is 0 Å². The van der Waals surface area contributed by atoms with Crippen molar-refractivity contribution in [2.75, 3.05) is 26.4 Å². The Morgan fingerprint density at radius 3 is 2.19 bits per heavy atom. The molecule has 0 saturated heterocycles. The number of hydrogen-bond acceptors (Lipinski definition) is 6. The smallest absolute Gasteiger partial charge is 0.392 e. The van der Waals surface area contributed by atoms with Gasteiger partial charge in [-0.25, -0.2) is 9.59 Å². The van der Waals surface area contributed by atoms with E-state index in [0.29, 0.717) is 18.8 Å². The maximum absolute atomic E-state index is 12.2. The standard InChI is InChI=1S/C23H23F3O6/c1-2-29-15-16-31-21(27)12-5-17-3-8-20(9-4-17)32-22(28)18-6-10-19(11-7-18)30-14-13-23(24,25)26/h3-12H,2,13-16H2,1H3. The second-order valence-electron chi connectivity index (χ2n) is 6.39. The topological polar surface area (TPSA) is 71.1 Å². The van der Waals surface area contributed by atoms with Crippen molar-refractivity contribution in [1.29, 1.82) is 0 Å². The molecule has 0 aliphatic carbocycles. The van der Waals surface area contributed by atoms with E-state index in [1.165, 1.54) is 30.3 Å². The van der Waals surface area contributed by atoms with Gasteiger partial charge in [0.15, 0.2) is 0 Å². The van der Waals surface area contributed by atoms with Gasteiger partial charge in [-0.15, -0.1) is 0 Å². The lowest BCUT2D eigenvalue weighted by atomic mass is 10.2. The number of halogens is 3. The van der Waals surface area contributed by atoms with Gasteiger partial charge in [0, 0.05) is 12.7 Å². The largest absolute Gasteiger partial charge is 0.493 e. The van der Waals surface area contributed by atoms with Gasteiger partial charge < -0.3 is 18.9 Å². The molecule has 0 saturated carbocycles. The summed E-state index contributed by atoms with van der Waals surface area (Å²) in [6, 6.07) is 12.0. The highest BCUT2D eigenvalue weighted by Gasteiger charge is 2.26. The van der Waals surface area contributed by atoms with Crippen LogP contribution in [-0.4, -0.2) is 44.5 Å². The molecule has 0 N–H and O–H groups in total. The molecule has 32 heavy (non-hydrogen) atoms. The van der Waals surface area contributed by atoms with Crippen LogP contribution in [0.5, 0.6) is 11.5 Å². The van der Waals surface area contributed by atoms with Gasteiger partial charge >= 0.3 is 18.1 Å². The van der Waals surface area contributed by atoms with Crippen molar-refractivity contribution >= 4 is 18.0 Å². The first kappa shape index (κ1) is 24.9. The molecule has 0 aliphatic heterocycles. The summed E-state index contributed by atoms with van der Waals surface area (Å²) >= 11 is 0. The van der Waals surface area contributed by atoms with E-state index in [1.54, 1.807) is 30.3 Å². The van der Waals surface area contributed by atoms with Crippen molar-refractivity contribution in [3.05, 3.63) is 65.7 Å². The van der Waals surface area contributed by atoms with Crippen molar-refractivity contribution in [3.63, 3.8) is 0 Å². The van der Waals surface area contributed by atoms with Crippen LogP contribution >= 0.6 is 0 Å². The summed E-state index contributed by atoms with van der Waals surface area (Å²) in [5.41, 5.74) is 0.916. The molecular formula is C23H23F3O6. The third kappa shape index (κ3) is 9.65. The van der Waals surface area contributed by atoms with E-state index in [-0.39, 0.29) is 23.7 Å². The number of carbonyl (C=O) groups excluding carboxylic acids is 2. The van der Waals surface area contributed by atoms with Gasteiger partial charge in [-0.1, -0.05) is 12.1 Å². The zero-order chi connectivity index (χ0) is 23.4. The Hall–Kier alpha value is -3.33. The minimum absolute atomic E-state index is 0.173. The fourth-order valence-corrected chi connectivity index (χ4v) is 2.34. The summed E-state index contributed by atoms with van der Waals surface area (Å²) < 4.78 is 56.7. The normalized spacial score (nSPS) is 11.4. The van der Waals surface area contributed by atoms with Gasteiger partial charge in [0.1, 0.15) is 18.1 Å². The molecule has 0 aliphatic rings. The van der Waals surface area contributed by atoms with Crippen molar-refractivity contribution in [2.45, 2.75) is 19.5 Å². The Morgan fingerprint density at radius 2 is 1.56 bits per heavy atom. The van der Waals surface area contributed by atoms with E-state index in [1.807, 2.05) is 6.92 Å². The Bertz CT molecular complexity index is 889. The third-order valence-corrected chi connectivity index (χ3v) is 3.92. The van der Waals surface area contributed by atoms with Crippen LogP contribution < -0.4 is 9.47 Å².